The number of carbonyl (C=O) groups excluding carboxylic acids is 3. The molecule has 0 bridgehead atoms. The van der Waals surface area contributed by atoms with Gasteiger partial charge < -0.3 is 14.5 Å². The van der Waals surface area contributed by atoms with Crippen molar-refractivity contribution in [1.29, 1.82) is 0 Å². The molecule has 4 amide bonds. The van der Waals surface area contributed by atoms with Crippen LogP contribution in [0.15, 0.2) is 53.6 Å². The van der Waals surface area contributed by atoms with E-state index in [1.807, 2.05) is 24.3 Å². The van der Waals surface area contributed by atoms with Crippen molar-refractivity contribution in [2.45, 2.75) is 0 Å². The Morgan fingerprint density at radius 3 is 2.66 bits per heavy atom. The third-order valence-electron chi connectivity index (χ3n) is 5.34. The van der Waals surface area contributed by atoms with Crippen LogP contribution in [0.2, 0.25) is 0 Å². The Balaban J connectivity index is 1.38. The molecule has 150 valence electrons. The van der Waals surface area contributed by atoms with Crippen molar-refractivity contribution in [2.75, 3.05) is 44.7 Å². The van der Waals surface area contributed by atoms with E-state index in [0.29, 0.717) is 31.9 Å². The molecule has 3 aliphatic rings. The summed E-state index contributed by atoms with van der Waals surface area (Å²) in [6.07, 6.45) is 6.82. The number of nitrogens with zero attached hydrogens (tertiary/aromatic N) is 4. The third kappa shape index (κ3) is 3.65. The summed E-state index contributed by atoms with van der Waals surface area (Å²) < 4.78 is 5.41. The summed E-state index contributed by atoms with van der Waals surface area (Å²) in [5.74, 6) is -0.449. The number of fused-ring (bicyclic) bond motifs is 1. The van der Waals surface area contributed by atoms with E-state index in [9.17, 15) is 14.4 Å². The third-order valence-corrected chi connectivity index (χ3v) is 5.34. The lowest BCUT2D eigenvalue weighted by Crippen LogP contribution is -2.54. The molecule has 8 heteroatoms. The van der Waals surface area contributed by atoms with Crippen LogP contribution < -0.4 is 9.64 Å². The molecule has 29 heavy (non-hydrogen) atoms. The first-order valence-electron chi connectivity index (χ1n) is 9.53. The van der Waals surface area contributed by atoms with Gasteiger partial charge in [0.25, 0.3) is 0 Å². The minimum absolute atomic E-state index is 0.250. The van der Waals surface area contributed by atoms with E-state index in [0.717, 1.165) is 16.3 Å². The number of ether oxygens (including phenoxy) is 1. The second kappa shape index (κ2) is 7.90. The molecule has 1 aromatic rings. The Hall–Kier alpha value is -3.42. The fourth-order valence-electron chi connectivity index (χ4n) is 3.75. The Morgan fingerprint density at radius 1 is 1.14 bits per heavy atom. The smallest absolute Gasteiger partial charge is 0.351 e. The van der Waals surface area contributed by atoms with Crippen molar-refractivity contribution in [2.24, 2.45) is 10.9 Å². The van der Waals surface area contributed by atoms with Gasteiger partial charge in [0, 0.05) is 26.2 Å². The molecule has 1 atom stereocenters. The number of hydrogen-bond donors (Lipinski definition) is 0. The zero-order valence-corrected chi connectivity index (χ0v) is 16.2. The highest BCUT2D eigenvalue weighted by molar-refractivity contribution is 6.22. The number of para-hydroxylation sites is 2. The Bertz CT molecular complexity index is 928. The molecule has 2 heterocycles. The summed E-state index contributed by atoms with van der Waals surface area (Å²) in [7, 11) is 1.64. The van der Waals surface area contributed by atoms with Crippen LogP contribution >= 0.6 is 0 Å². The summed E-state index contributed by atoms with van der Waals surface area (Å²) >= 11 is 0. The van der Waals surface area contributed by atoms with E-state index in [4.69, 9.17) is 4.74 Å². The van der Waals surface area contributed by atoms with E-state index in [1.165, 1.54) is 0 Å². The highest BCUT2D eigenvalue weighted by Crippen LogP contribution is 2.28. The number of hydrogen-bond acceptors (Lipinski definition) is 5. The fourth-order valence-corrected chi connectivity index (χ4v) is 3.75. The van der Waals surface area contributed by atoms with Gasteiger partial charge in [-0.25, -0.2) is 4.79 Å². The Morgan fingerprint density at radius 2 is 1.90 bits per heavy atom. The van der Waals surface area contributed by atoms with E-state index in [1.54, 1.807) is 36.3 Å². The number of benzene rings is 1. The van der Waals surface area contributed by atoms with Crippen molar-refractivity contribution in [3.8, 4) is 5.75 Å². The lowest BCUT2D eigenvalue weighted by Gasteiger charge is -2.37. The van der Waals surface area contributed by atoms with Gasteiger partial charge in [-0.1, -0.05) is 30.4 Å². The van der Waals surface area contributed by atoms with Crippen molar-refractivity contribution in [1.82, 2.24) is 9.80 Å². The van der Waals surface area contributed by atoms with Gasteiger partial charge in [0.05, 0.1) is 24.4 Å². The first-order valence-corrected chi connectivity index (χ1v) is 9.53. The predicted octanol–water partition coefficient (Wildman–Crippen LogP) is 1.49. The molecule has 0 N–H and O–H groups in total. The van der Waals surface area contributed by atoms with Crippen LogP contribution in [0, 0.1) is 5.92 Å². The number of imide groups is 1. The molecule has 1 aromatic carbocycles. The maximum absolute atomic E-state index is 12.7. The summed E-state index contributed by atoms with van der Waals surface area (Å²) in [6, 6.07) is 7.09. The second-order valence-corrected chi connectivity index (χ2v) is 7.00. The zero-order valence-electron chi connectivity index (χ0n) is 16.2. The van der Waals surface area contributed by atoms with Crippen LogP contribution in [0.1, 0.15) is 0 Å². The number of amides is 4. The van der Waals surface area contributed by atoms with Gasteiger partial charge in [-0.2, -0.15) is 4.99 Å². The van der Waals surface area contributed by atoms with Crippen molar-refractivity contribution >= 4 is 29.2 Å². The number of allylic oxidation sites excluding steroid dienone is 3. The van der Waals surface area contributed by atoms with Gasteiger partial charge in [-0.15, -0.1) is 0 Å². The van der Waals surface area contributed by atoms with Gasteiger partial charge in [-0.05, 0) is 18.2 Å². The predicted molar refractivity (Wildman–Crippen MR) is 108 cm³/mol. The number of urea groups is 1. The molecule has 8 nitrogen and oxygen atoms in total. The SMILES string of the molecule is COc1ccccc1N1CCN(C(=O)CN2C(=O)N=C3C=CC=CC3C2=O)CC1. The largest absolute Gasteiger partial charge is 0.495 e. The van der Waals surface area contributed by atoms with Crippen molar-refractivity contribution < 1.29 is 19.1 Å². The molecule has 4 rings (SSSR count). The van der Waals surface area contributed by atoms with Gasteiger partial charge in [0.15, 0.2) is 0 Å². The molecule has 0 aromatic heterocycles. The standard InChI is InChI=1S/C21H22N4O4/c1-29-18-9-5-4-8-17(18)23-10-12-24(13-11-23)19(26)14-25-20(27)15-6-2-3-7-16(15)22-21(25)28/h2-9,15H,10-14H2,1H3. The van der Waals surface area contributed by atoms with Gasteiger partial charge in [-0.3, -0.25) is 14.5 Å². The lowest BCUT2D eigenvalue weighted by atomic mass is 9.95. The average molecular weight is 394 g/mol. The monoisotopic (exact) mass is 394 g/mol. The van der Waals surface area contributed by atoms with Crippen LogP contribution in [0.25, 0.3) is 0 Å². The lowest BCUT2D eigenvalue weighted by molar-refractivity contribution is -0.138. The molecule has 1 saturated heterocycles. The topological polar surface area (TPSA) is 82.5 Å². The van der Waals surface area contributed by atoms with Crippen molar-refractivity contribution in [3.05, 3.63) is 48.6 Å². The minimum Gasteiger partial charge on any atom is -0.495 e. The minimum atomic E-state index is -0.679. The molecule has 1 aliphatic carbocycles. The van der Waals surface area contributed by atoms with Crippen LogP contribution in [0.4, 0.5) is 10.5 Å². The fraction of sp³-hybridized carbons (Fsp3) is 0.333. The van der Waals surface area contributed by atoms with Crippen molar-refractivity contribution in [3.63, 3.8) is 0 Å². The Kier molecular flexibility index (Phi) is 5.16. The van der Waals surface area contributed by atoms with Crippen LogP contribution in [0.5, 0.6) is 5.75 Å². The number of methoxy groups -OCH3 is 1. The van der Waals surface area contributed by atoms with E-state index < -0.39 is 17.9 Å². The number of rotatable bonds is 4. The Labute approximate surface area is 168 Å². The van der Waals surface area contributed by atoms with Crippen LogP contribution in [0.3, 0.4) is 0 Å². The number of carbonyl (C=O) groups is 3. The summed E-state index contributed by atoms with van der Waals surface area (Å²) in [5.41, 5.74) is 1.42. The maximum Gasteiger partial charge on any atom is 0.351 e. The normalized spacial score (nSPS) is 21.2. The zero-order chi connectivity index (χ0) is 20.4. The molecule has 2 aliphatic heterocycles. The van der Waals surface area contributed by atoms with Gasteiger partial charge in [0.2, 0.25) is 11.8 Å². The number of piperazine rings is 1. The summed E-state index contributed by atoms with van der Waals surface area (Å²) in [4.78, 5) is 46.4. The van der Waals surface area contributed by atoms with Gasteiger partial charge in [0.1, 0.15) is 12.3 Å². The molecule has 0 saturated carbocycles. The van der Waals surface area contributed by atoms with Gasteiger partial charge >= 0.3 is 6.03 Å². The first kappa shape index (κ1) is 18.9. The maximum atomic E-state index is 12.7. The first-order chi connectivity index (χ1) is 14.1. The van der Waals surface area contributed by atoms with E-state index >= 15 is 0 Å². The van der Waals surface area contributed by atoms with Crippen LogP contribution in [-0.2, 0) is 9.59 Å². The molecule has 1 unspecified atom stereocenters. The highest BCUT2D eigenvalue weighted by Gasteiger charge is 2.37. The highest BCUT2D eigenvalue weighted by atomic mass is 16.5. The number of aliphatic imine (C=N–C) groups is 1. The molecular weight excluding hydrogens is 372 g/mol. The van der Waals surface area contributed by atoms with E-state index in [-0.39, 0.29) is 12.5 Å². The molecule has 0 spiro atoms. The van der Waals surface area contributed by atoms with Crippen LogP contribution in [-0.4, -0.2) is 73.2 Å². The van der Waals surface area contributed by atoms with E-state index in [2.05, 4.69) is 9.89 Å². The average Bonchev–Trinajstić information content (AvgIpc) is 2.76. The molecular formula is C21H22N4O4. The summed E-state index contributed by atoms with van der Waals surface area (Å²) in [6.45, 7) is 2.03. The number of anilines is 1. The quantitative estimate of drug-likeness (QED) is 0.773. The molecule has 0 radical (unpaired) electrons. The second-order valence-electron chi connectivity index (χ2n) is 7.00. The molecule has 1 fully saturated rings. The summed E-state index contributed by atoms with van der Waals surface area (Å²) in [5, 5.41) is 0.